The van der Waals surface area contributed by atoms with Crippen molar-refractivity contribution in [1.82, 2.24) is 5.32 Å². The first-order valence-corrected chi connectivity index (χ1v) is 5.42. The molecule has 0 amide bonds. The second-order valence-corrected chi connectivity index (χ2v) is 3.95. The molecule has 1 fully saturated rings. The Morgan fingerprint density at radius 3 is 2.94 bits per heavy atom. The van der Waals surface area contributed by atoms with Crippen LogP contribution in [0.2, 0.25) is 0 Å². The van der Waals surface area contributed by atoms with E-state index >= 15 is 0 Å². The second-order valence-electron chi connectivity index (χ2n) is 3.95. The van der Waals surface area contributed by atoms with Gasteiger partial charge in [0.05, 0.1) is 19.8 Å². The lowest BCUT2D eigenvalue weighted by Gasteiger charge is -2.24. The fourth-order valence-corrected chi connectivity index (χ4v) is 1.90. The van der Waals surface area contributed by atoms with Crippen molar-refractivity contribution in [3.05, 3.63) is 23.3 Å². The molecule has 88 valence electrons. The zero-order valence-electron chi connectivity index (χ0n) is 9.62. The Balaban J connectivity index is 2.29. The third-order valence-electron chi connectivity index (χ3n) is 2.81. The lowest BCUT2D eigenvalue weighted by Crippen LogP contribution is -2.33. The summed E-state index contributed by atoms with van der Waals surface area (Å²) < 4.78 is 10.8. The van der Waals surface area contributed by atoms with Crippen LogP contribution < -0.4 is 10.1 Å². The summed E-state index contributed by atoms with van der Waals surface area (Å²) in [6.45, 7) is 4.27. The first kappa shape index (κ1) is 11.2. The number of methoxy groups -OCH3 is 1. The van der Waals surface area contributed by atoms with Gasteiger partial charge in [0.1, 0.15) is 0 Å². The molecule has 1 aliphatic heterocycles. The minimum absolute atomic E-state index is 0.0435. The van der Waals surface area contributed by atoms with E-state index < -0.39 is 0 Å². The van der Waals surface area contributed by atoms with Gasteiger partial charge in [0.15, 0.2) is 11.5 Å². The van der Waals surface area contributed by atoms with Crippen LogP contribution in [-0.4, -0.2) is 31.9 Å². The first-order valence-electron chi connectivity index (χ1n) is 5.42. The number of hydrogen-bond acceptors (Lipinski definition) is 4. The third-order valence-corrected chi connectivity index (χ3v) is 2.81. The molecule has 2 rings (SSSR count). The highest BCUT2D eigenvalue weighted by atomic mass is 16.5. The molecule has 0 radical (unpaired) electrons. The van der Waals surface area contributed by atoms with Gasteiger partial charge in [-0.05, 0) is 30.2 Å². The van der Waals surface area contributed by atoms with Gasteiger partial charge in [-0.15, -0.1) is 0 Å². The van der Waals surface area contributed by atoms with Gasteiger partial charge in [-0.3, -0.25) is 0 Å². The molecule has 1 atom stereocenters. The molecule has 0 saturated carbocycles. The summed E-state index contributed by atoms with van der Waals surface area (Å²) in [4.78, 5) is 0. The number of aryl methyl sites for hydroxylation is 1. The smallest absolute Gasteiger partial charge is 0.161 e. The second kappa shape index (κ2) is 4.72. The fraction of sp³-hybridized carbons (Fsp3) is 0.500. The lowest BCUT2D eigenvalue weighted by molar-refractivity contribution is 0.0275. The molecule has 0 aromatic heterocycles. The largest absolute Gasteiger partial charge is 0.504 e. The number of phenols is 1. The molecule has 0 spiro atoms. The summed E-state index contributed by atoms with van der Waals surface area (Å²) in [5.74, 6) is 0.708. The molecule has 0 bridgehead atoms. The summed E-state index contributed by atoms with van der Waals surface area (Å²) in [5, 5.41) is 13.0. The van der Waals surface area contributed by atoms with Crippen LogP contribution in [0, 0.1) is 6.92 Å². The van der Waals surface area contributed by atoms with Gasteiger partial charge in [0.25, 0.3) is 0 Å². The molecule has 1 heterocycles. The van der Waals surface area contributed by atoms with Crippen LogP contribution in [-0.2, 0) is 4.74 Å². The van der Waals surface area contributed by atoms with Gasteiger partial charge in [-0.1, -0.05) is 0 Å². The number of nitrogens with one attached hydrogen (secondary N) is 1. The first-order chi connectivity index (χ1) is 7.72. The van der Waals surface area contributed by atoms with Crippen LogP contribution in [0.4, 0.5) is 0 Å². The maximum absolute atomic E-state index is 9.74. The topological polar surface area (TPSA) is 50.7 Å². The molecule has 4 heteroatoms. The van der Waals surface area contributed by atoms with Crippen molar-refractivity contribution in [2.75, 3.05) is 26.8 Å². The molecule has 1 aromatic rings. The van der Waals surface area contributed by atoms with Crippen LogP contribution in [0.3, 0.4) is 0 Å². The minimum Gasteiger partial charge on any atom is -0.504 e. The molecular formula is C12H17NO3. The fourth-order valence-electron chi connectivity index (χ4n) is 1.90. The van der Waals surface area contributed by atoms with E-state index in [9.17, 15) is 5.11 Å². The summed E-state index contributed by atoms with van der Waals surface area (Å²) >= 11 is 0. The number of phenolic OH excluding ortho intramolecular Hbond substituents is 1. The van der Waals surface area contributed by atoms with Crippen molar-refractivity contribution in [2.45, 2.75) is 13.0 Å². The van der Waals surface area contributed by atoms with Crippen molar-refractivity contribution in [3.63, 3.8) is 0 Å². The molecule has 1 saturated heterocycles. The van der Waals surface area contributed by atoms with Gasteiger partial charge in [0.2, 0.25) is 0 Å². The van der Waals surface area contributed by atoms with Crippen LogP contribution in [0.15, 0.2) is 12.1 Å². The van der Waals surface area contributed by atoms with Crippen LogP contribution in [0.5, 0.6) is 11.5 Å². The van der Waals surface area contributed by atoms with Crippen molar-refractivity contribution in [1.29, 1.82) is 0 Å². The lowest BCUT2D eigenvalue weighted by atomic mass is 10.0. The predicted molar refractivity (Wildman–Crippen MR) is 61.0 cm³/mol. The standard InChI is InChI=1S/C12H17NO3/c1-8-5-9(6-10(15-2)12(8)14)11-7-13-3-4-16-11/h5-6,11,13-14H,3-4,7H2,1-2H3. The van der Waals surface area contributed by atoms with Crippen molar-refractivity contribution in [3.8, 4) is 11.5 Å². The number of benzene rings is 1. The quantitative estimate of drug-likeness (QED) is 0.795. The normalized spacial score (nSPS) is 20.8. The molecule has 2 N–H and O–H groups in total. The Kier molecular flexibility index (Phi) is 3.31. The molecule has 1 aliphatic rings. The summed E-state index contributed by atoms with van der Waals surface area (Å²) in [5.41, 5.74) is 1.85. The molecule has 16 heavy (non-hydrogen) atoms. The summed E-state index contributed by atoms with van der Waals surface area (Å²) in [6, 6.07) is 3.77. The average Bonchev–Trinajstić information content (AvgIpc) is 2.33. The molecule has 1 aromatic carbocycles. The van der Waals surface area contributed by atoms with Gasteiger partial charge in [-0.2, -0.15) is 0 Å². The van der Waals surface area contributed by atoms with Crippen molar-refractivity contribution in [2.24, 2.45) is 0 Å². The Morgan fingerprint density at radius 2 is 2.31 bits per heavy atom. The zero-order valence-corrected chi connectivity index (χ0v) is 9.62. The van der Waals surface area contributed by atoms with Crippen LogP contribution in [0.1, 0.15) is 17.2 Å². The van der Waals surface area contributed by atoms with Gasteiger partial charge in [0, 0.05) is 13.1 Å². The number of ether oxygens (including phenoxy) is 2. The van der Waals surface area contributed by atoms with E-state index in [2.05, 4.69) is 5.32 Å². The van der Waals surface area contributed by atoms with Crippen LogP contribution >= 0.6 is 0 Å². The highest BCUT2D eigenvalue weighted by Crippen LogP contribution is 2.33. The van der Waals surface area contributed by atoms with E-state index in [0.717, 1.165) is 24.2 Å². The van der Waals surface area contributed by atoms with Crippen molar-refractivity contribution >= 4 is 0 Å². The summed E-state index contributed by atoms with van der Waals surface area (Å²) in [6.07, 6.45) is 0.0435. The maximum atomic E-state index is 9.74. The van der Waals surface area contributed by atoms with E-state index in [-0.39, 0.29) is 11.9 Å². The van der Waals surface area contributed by atoms with Crippen LogP contribution in [0.25, 0.3) is 0 Å². The SMILES string of the molecule is COc1cc(C2CNCCO2)cc(C)c1O. The molecule has 1 unspecified atom stereocenters. The van der Waals surface area contributed by atoms with E-state index in [0.29, 0.717) is 12.4 Å². The Morgan fingerprint density at radius 1 is 1.50 bits per heavy atom. The van der Waals surface area contributed by atoms with Gasteiger partial charge < -0.3 is 19.9 Å². The monoisotopic (exact) mass is 223 g/mol. The Hall–Kier alpha value is -1.26. The van der Waals surface area contributed by atoms with E-state index in [1.165, 1.54) is 0 Å². The number of rotatable bonds is 2. The molecule has 4 nitrogen and oxygen atoms in total. The van der Waals surface area contributed by atoms with E-state index in [1.54, 1.807) is 7.11 Å². The predicted octanol–water partition coefficient (Wildman–Crippen LogP) is 1.37. The van der Waals surface area contributed by atoms with Gasteiger partial charge >= 0.3 is 0 Å². The van der Waals surface area contributed by atoms with E-state index in [1.807, 2.05) is 19.1 Å². The summed E-state index contributed by atoms with van der Waals surface area (Å²) in [7, 11) is 1.55. The zero-order chi connectivity index (χ0) is 11.5. The highest BCUT2D eigenvalue weighted by molar-refractivity contribution is 5.48. The Bertz CT molecular complexity index is 373. The number of hydrogen-bond donors (Lipinski definition) is 2. The molecule has 0 aliphatic carbocycles. The highest BCUT2D eigenvalue weighted by Gasteiger charge is 2.18. The third kappa shape index (κ3) is 2.13. The Labute approximate surface area is 95.2 Å². The molecular weight excluding hydrogens is 206 g/mol. The van der Waals surface area contributed by atoms with Gasteiger partial charge in [-0.25, -0.2) is 0 Å². The number of morpholine rings is 1. The maximum Gasteiger partial charge on any atom is 0.161 e. The van der Waals surface area contributed by atoms with Crippen molar-refractivity contribution < 1.29 is 14.6 Å². The minimum atomic E-state index is 0.0435. The number of aromatic hydroxyl groups is 1. The average molecular weight is 223 g/mol. The van der Waals surface area contributed by atoms with E-state index in [4.69, 9.17) is 9.47 Å².